The standard InChI is InChI=1S/C32H37ClN2O8/c1-6-40-32(37)41-20-12-14-35(15-13-20)26(36)17-25-28-27(29(18(2)3)43-34-28)21-11-10-19(33)16-23(21)30(42-25)22-8-7-9-24(38-4)31(22)39-5/h7-11,16,18,20,25,30H,6,12-15,17H2,1-5H3. The van der Waals surface area contributed by atoms with Gasteiger partial charge in [0.2, 0.25) is 5.91 Å². The topological polar surface area (TPSA) is 110 Å². The maximum Gasteiger partial charge on any atom is 0.508 e. The number of fused-ring (bicyclic) bond motifs is 3. The average Bonchev–Trinajstić information content (AvgIpc) is 3.39. The van der Waals surface area contributed by atoms with Gasteiger partial charge in [-0.1, -0.05) is 48.8 Å². The largest absolute Gasteiger partial charge is 0.508 e. The van der Waals surface area contributed by atoms with Gasteiger partial charge in [0.15, 0.2) is 11.5 Å². The molecule has 2 aromatic carbocycles. The number of rotatable bonds is 8. The summed E-state index contributed by atoms with van der Waals surface area (Å²) >= 11 is 6.55. The van der Waals surface area contributed by atoms with Crippen LogP contribution in [-0.2, 0) is 19.0 Å². The van der Waals surface area contributed by atoms with Crippen molar-refractivity contribution in [2.75, 3.05) is 33.9 Å². The number of amides is 1. The van der Waals surface area contributed by atoms with Gasteiger partial charge in [-0.2, -0.15) is 0 Å². The van der Waals surface area contributed by atoms with Gasteiger partial charge in [-0.25, -0.2) is 4.79 Å². The molecule has 0 N–H and O–H groups in total. The van der Waals surface area contributed by atoms with Gasteiger partial charge in [0.25, 0.3) is 0 Å². The van der Waals surface area contributed by atoms with Crippen molar-refractivity contribution in [1.82, 2.24) is 10.1 Å². The van der Waals surface area contributed by atoms with Crippen LogP contribution in [0.25, 0.3) is 11.1 Å². The quantitative estimate of drug-likeness (QED) is 0.252. The summed E-state index contributed by atoms with van der Waals surface area (Å²) in [5.74, 6) is 1.71. The summed E-state index contributed by atoms with van der Waals surface area (Å²) < 4.78 is 34.4. The summed E-state index contributed by atoms with van der Waals surface area (Å²) in [6, 6.07) is 11.3. The van der Waals surface area contributed by atoms with Gasteiger partial charge in [0, 0.05) is 42.4 Å². The molecule has 0 bridgehead atoms. The SMILES string of the molecule is CCOC(=O)OC1CCN(C(=O)CC2OC(c3cccc(OC)c3OC)c3cc(Cl)ccc3-c3c2noc3C(C)C)CC1. The maximum absolute atomic E-state index is 13.7. The fourth-order valence-electron chi connectivity index (χ4n) is 5.78. The molecule has 2 unspecified atom stereocenters. The van der Waals surface area contributed by atoms with Crippen LogP contribution in [0.2, 0.25) is 5.02 Å². The van der Waals surface area contributed by atoms with E-state index in [1.165, 1.54) is 0 Å². The van der Waals surface area contributed by atoms with Crippen molar-refractivity contribution in [3.8, 4) is 22.6 Å². The van der Waals surface area contributed by atoms with Gasteiger partial charge in [-0.05, 0) is 36.2 Å². The van der Waals surface area contributed by atoms with Crippen molar-refractivity contribution in [3.63, 3.8) is 0 Å². The molecule has 0 radical (unpaired) electrons. The molecular weight excluding hydrogens is 576 g/mol. The van der Waals surface area contributed by atoms with E-state index in [-0.39, 0.29) is 31.0 Å². The van der Waals surface area contributed by atoms with Gasteiger partial charge >= 0.3 is 6.16 Å². The molecule has 0 spiro atoms. The van der Waals surface area contributed by atoms with Crippen LogP contribution in [0, 0.1) is 0 Å². The summed E-state index contributed by atoms with van der Waals surface area (Å²) in [5.41, 5.74) is 3.77. The molecular formula is C32H37ClN2O8. The molecule has 2 aliphatic heterocycles. The Morgan fingerprint density at radius 3 is 2.53 bits per heavy atom. The van der Waals surface area contributed by atoms with Crippen molar-refractivity contribution >= 4 is 23.7 Å². The highest BCUT2D eigenvalue weighted by Gasteiger charge is 2.39. The van der Waals surface area contributed by atoms with Gasteiger partial charge in [0.1, 0.15) is 29.8 Å². The van der Waals surface area contributed by atoms with Crippen LogP contribution in [0.1, 0.15) is 80.7 Å². The molecule has 10 nitrogen and oxygen atoms in total. The first kappa shape index (κ1) is 30.7. The second kappa shape index (κ2) is 13.3. The first-order valence-corrected chi connectivity index (χ1v) is 14.9. The van der Waals surface area contributed by atoms with E-state index in [4.69, 9.17) is 39.8 Å². The highest BCUT2D eigenvalue weighted by atomic mass is 35.5. The molecule has 0 aliphatic carbocycles. The molecule has 230 valence electrons. The van der Waals surface area contributed by atoms with Crippen LogP contribution >= 0.6 is 11.6 Å². The van der Waals surface area contributed by atoms with E-state index in [1.807, 2.05) is 50.2 Å². The summed E-state index contributed by atoms with van der Waals surface area (Å²) in [5, 5.41) is 5.02. The zero-order valence-corrected chi connectivity index (χ0v) is 25.8. The molecule has 1 saturated heterocycles. The fourth-order valence-corrected chi connectivity index (χ4v) is 5.96. The van der Waals surface area contributed by atoms with E-state index in [0.717, 1.165) is 22.3 Å². The van der Waals surface area contributed by atoms with Crippen molar-refractivity contribution in [3.05, 3.63) is 64.0 Å². The van der Waals surface area contributed by atoms with E-state index >= 15 is 0 Å². The normalized spacial score (nSPS) is 18.4. The Morgan fingerprint density at radius 1 is 1.09 bits per heavy atom. The molecule has 1 aromatic heterocycles. The van der Waals surface area contributed by atoms with Gasteiger partial charge in [-0.3, -0.25) is 4.79 Å². The Kier molecular flexibility index (Phi) is 9.46. The van der Waals surface area contributed by atoms with Crippen LogP contribution in [-0.4, -0.2) is 62.1 Å². The number of benzene rings is 2. The van der Waals surface area contributed by atoms with E-state index in [2.05, 4.69) is 5.16 Å². The lowest BCUT2D eigenvalue weighted by atomic mass is 9.90. The van der Waals surface area contributed by atoms with E-state index in [9.17, 15) is 9.59 Å². The number of para-hydroxylation sites is 1. The zero-order valence-electron chi connectivity index (χ0n) is 25.1. The predicted molar refractivity (Wildman–Crippen MR) is 159 cm³/mol. The number of nitrogens with zero attached hydrogens (tertiary/aromatic N) is 2. The van der Waals surface area contributed by atoms with Crippen LogP contribution in [0.3, 0.4) is 0 Å². The highest BCUT2D eigenvalue weighted by molar-refractivity contribution is 6.30. The van der Waals surface area contributed by atoms with E-state index in [0.29, 0.717) is 53.9 Å². The zero-order chi connectivity index (χ0) is 30.7. The van der Waals surface area contributed by atoms with Crippen LogP contribution in [0.15, 0.2) is 40.9 Å². The van der Waals surface area contributed by atoms with E-state index < -0.39 is 18.4 Å². The second-order valence-electron chi connectivity index (χ2n) is 10.9. The molecule has 1 fully saturated rings. The Bertz CT molecular complexity index is 1460. The lowest BCUT2D eigenvalue weighted by molar-refractivity contribution is -0.137. The van der Waals surface area contributed by atoms with Crippen molar-refractivity contribution in [2.45, 2.75) is 64.3 Å². The highest BCUT2D eigenvalue weighted by Crippen LogP contribution is 2.50. The molecule has 43 heavy (non-hydrogen) atoms. The number of ether oxygens (including phenoxy) is 5. The fraction of sp³-hybridized carbons (Fsp3) is 0.469. The van der Waals surface area contributed by atoms with Gasteiger partial charge in [-0.15, -0.1) is 0 Å². The molecule has 5 rings (SSSR count). The van der Waals surface area contributed by atoms with Crippen molar-refractivity contribution < 1.29 is 37.8 Å². The van der Waals surface area contributed by atoms with Crippen molar-refractivity contribution in [2.24, 2.45) is 0 Å². The first-order chi connectivity index (χ1) is 20.7. The molecule has 2 aliphatic rings. The molecule has 2 atom stereocenters. The summed E-state index contributed by atoms with van der Waals surface area (Å²) in [6.07, 6.45) is -1.29. The molecule has 1 amide bonds. The minimum atomic E-state index is -0.737. The molecule has 3 aromatic rings. The minimum absolute atomic E-state index is 0.0254. The second-order valence-corrected chi connectivity index (χ2v) is 11.3. The number of likely N-dealkylation sites (tertiary alicyclic amines) is 1. The maximum atomic E-state index is 13.7. The van der Waals surface area contributed by atoms with Gasteiger partial charge in [0.05, 0.1) is 32.8 Å². The number of aromatic nitrogens is 1. The number of halogens is 1. The lowest BCUT2D eigenvalue weighted by Crippen LogP contribution is -2.42. The smallest absolute Gasteiger partial charge is 0.493 e. The predicted octanol–water partition coefficient (Wildman–Crippen LogP) is 6.85. The third-order valence-electron chi connectivity index (χ3n) is 7.84. The number of hydrogen-bond donors (Lipinski definition) is 0. The number of carbonyl (C=O) groups excluding carboxylic acids is 2. The average molecular weight is 613 g/mol. The number of piperidine rings is 1. The van der Waals surface area contributed by atoms with Crippen LogP contribution in [0.4, 0.5) is 4.79 Å². The summed E-state index contributed by atoms with van der Waals surface area (Å²) in [6.45, 7) is 6.94. The third kappa shape index (κ3) is 6.31. The minimum Gasteiger partial charge on any atom is -0.493 e. The Labute approximate surface area is 256 Å². The van der Waals surface area contributed by atoms with Crippen LogP contribution in [0.5, 0.6) is 11.5 Å². The summed E-state index contributed by atoms with van der Waals surface area (Å²) in [4.78, 5) is 27.3. The molecule has 0 saturated carbocycles. The van der Waals surface area contributed by atoms with Gasteiger partial charge < -0.3 is 33.1 Å². The molecule has 3 heterocycles. The van der Waals surface area contributed by atoms with Crippen LogP contribution < -0.4 is 9.47 Å². The van der Waals surface area contributed by atoms with Crippen molar-refractivity contribution in [1.29, 1.82) is 0 Å². The number of carbonyl (C=O) groups is 2. The Hall–Kier alpha value is -3.76. The monoisotopic (exact) mass is 612 g/mol. The Morgan fingerprint density at radius 2 is 1.86 bits per heavy atom. The van der Waals surface area contributed by atoms with E-state index in [1.54, 1.807) is 26.0 Å². The first-order valence-electron chi connectivity index (χ1n) is 14.5. The third-order valence-corrected chi connectivity index (χ3v) is 8.07. The molecule has 11 heteroatoms. The number of methoxy groups -OCH3 is 2. The number of hydrogen-bond acceptors (Lipinski definition) is 9. The summed E-state index contributed by atoms with van der Waals surface area (Å²) in [7, 11) is 3.16. The Balaban J connectivity index is 1.51. The lowest BCUT2D eigenvalue weighted by Gasteiger charge is -2.32.